The molecule has 0 radical (unpaired) electrons. The van der Waals surface area contributed by atoms with Crippen molar-refractivity contribution in [2.24, 2.45) is 28.1 Å². The fourth-order valence-corrected chi connectivity index (χ4v) is 5.46. The van der Waals surface area contributed by atoms with Crippen LogP contribution in [-0.4, -0.2) is 29.7 Å². The Morgan fingerprint density at radius 3 is 2.10 bits per heavy atom. The van der Waals surface area contributed by atoms with Gasteiger partial charge in [-0.15, -0.1) is 0 Å². The van der Waals surface area contributed by atoms with E-state index in [-0.39, 0.29) is 16.7 Å². The van der Waals surface area contributed by atoms with E-state index < -0.39 is 5.41 Å². The van der Waals surface area contributed by atoms with Crippen molar-refractivity contribution in [3.05, 3.63) is 0 Å². The Hall–Kier alpha value is -0.860. The lowest BCUT2D eigenvalue weighted by Gasteiger charge is -2.44. The number of rotatable bonds is 1. The molecule has 1 amide bonds. The van der Waals surface area contributed by atoms with Crippen molar-refractivity contribution in [1.29, 1.82) is 0 Å². The molecule has 4 atom stereocenters. The lowest BCUT2D eigenvalue weighted by atomic mass is 9.64. The predicted octanol–water partition coefficient (Wildman–Crippen LogP) is 3.28. The maximum Gasteiger partial charge on any atom is 0.229 e. The lowest BCUT2D eigenvalue weighted by molar-refractivity contribution is -0.150. The average molecular weight is 291 g/mol. The number of carbonyl (C=O) groups excluding carboxylic acids is 2. The van der Waals surface area contributed by atoms with Crippen molar-refractivity contribution in [2.45, 2.75) is 60.3 Å². The highest BCUT2D eigenvalue weighted by atomic mass is 16.2. The molecule has 0 aromatic heterocycles. The van der Waals surface area contributed by atoms with Crippen LogP contribution in [0.3, 0.4) is 0 Å². The molecule has 4 unspecified atom stereocenters. The summed E-state index contributed by atoms with van der Waals surface area (Å²) in [5.41, 5.74) is -0.941. The molecule has 1 saturated heterocycles. The summed E-state index contributed by atoms with van der Waals surface area (Å²) >= 11 is 0. The second-order valence-electron chi connectivity index (χ2n) is 8.80. The summed E-state index contributed by atoms with van der Waals surface area (Å²) < 4.78 is 0. The second-order valence-corrected chi connectivity index (χ2v) is 8.80. The van der Waals surface area contributed by atoms with Gasteiger partial charge in [0.25, 0.3) is 0 Å². The molecular weight excluding hydrogens is 262 g/mol. The monoisotopic (exact) mass is 291 g/mol. The van der Waals surface area contributed by atoms with Crippen LogP contribution >= 0.6 is 0 Å². The van der Waals surface area contributed by atoms with E-state index in [1.807, 2.05) is 0 Å². The molecule has 0 N–H and O–H groups in total. The summed E-state index contributed by atoms with van der Waals surface area (Å²) in [4.78, 5) is 27.9. The highest BCUT2D eigenvalue weighted by Gasteiger charge is 2.73. The zero-order valence-corrected chi connectivity index (χ0v) is 14.2. The number of nitrogens with zero attached hydrogens (tertiary/aromatic N) is 1. The minimum Gasteiger partial charge on any atom is -0.342 e. The molecule has 1 heterocycles. The molecule has 3 heteroatoms. The molecule has 1 aliphatic heterocycles. The molecule has 3 fully saturated rings. The van der Waals surface area contributed by atoms with Crippen LogP contribution in [0.2, 0.25) is 0 Å². The van der Waals surface area contributed by atoms with Crippen molar-refractivity contribution < 1.29 is 9.59 Å². The zero-order valence-electron chi connectivity index (χ0n) is 14.2. The largest absolute Gasteiger partial charge is 0.342 e. The van der Waals surface area contributed by atoms with E-state index in [1.54, 1.807) is 0 Å². The normalized spacial score (nSPS) is 45.2. The van der Waals surface area contributed by atoms with Crippen LogP contribution in [0.1, 0.15) is 60.3 Å². The standard InChI is InChI=1S/C18H29NO2/c1-12-8-13(2)11-19(10-12)15(21)18-7-6-17(5,14(20)9-18)16(18,3)4/h12-13H,6-11H2,1-5H3. The van der Waals surface area contributed by atoms with Crippen molar-refractivity contribution in [2.75, 3.05) is 13.1 Å². The van der Waals surface area contributed by atoms with Crippen LogP contribution < -0.4 is 0 Å². The molecule has 3 rings (SSSR count). The molecule has 2 aliphatic carbocycles. The highest BCUT2D eigenvalue weighted by molar-refractivity contribution is 5.99. The third-order valence-corrected chi connectivity index (χ3v) is 7.27. The molecule has 2 saturated carbocycles. The van der Waals surface area contributed by atoms with E-state index in [0.29, 0.717) is 24.0 Å². The average Bonchev–Trinajstić information content (AvgIpc) is 2.67. The topological polar surface area (TPSA) is 37.4 Å². The summed E-state index contributed by atoms with van der Waals surface area (Å²) in [6.45, 7) is 12.6. The van der Waals surface area contributed by atoms with Gasteiger partial charge in [-0.25, -0.2) is 0 Å². The highest BCUT2D eigenvalue weighted by Crippen LogP contribution is 2.71. The Morgan fingerprint density at radius 2 is 1.67 bits per heavy atom. The first kappa shape index (κ1) is 15.1. The van der Waals surface area contributed by atoms with E-state index in [1.165, 1.54) is 6.42 Å². The van der Waals surface area contributed by atoms with Gasteiger partial charge >= 0.3 is 0 Å². The number of carbonyl (C=O) groups is 2. The van der Waals surface area contributed by atoms with E-state index in [0.717, 1.165) is 25.9 Å². The molecule has 0 spiro atoms. The predicted molar refractivity (Wildman–Crippen MR) is 82.7 cm³/mol. The zero-order chi connectivity index (χ0) is 15.6. The van der Waals surface area contributed by atoms with Gasteiger partial charge < -0.3 is 4.90 Å². The Labute approximate surface area is 128 Å². The first-order chi connectivity index (χ1) is 9.64. The van der Waals surface area contributed by atoms with E-state index in [2.05, 4.69) is 39.5 Å². The van der Waals surface area contributed by atoms with Crippen LogP contribution in [0, 0.1) is 28.1 Å². The number of fused-ring (bicyclic) bond motifs is 2. The molecule has 2 bridgehead atoms. The number of ketones is 1. The summed E-state index contributed by atoms with van der Waals surface area (Å²) in [6, 6.07) is 0. The van der Waals surface area contributed by atoms with Crippen LogP contribution in [0.4, 0.5) is 0 Å². The molecule has 21 heavy (non-hydrogen) atoms. The maximum atomic E-state index is 13.3. The third kappa shape index (κ3) is 1.72. The van der Waals surface area contributed by atoms with Gasteiger partial charge in [-0.2, -0.15) is 0 Å². The molecule has 0 aromatic carbocycles. The Morgan fingerprint density at radius 1 is 1.10 bits per heavy atom. The van der Waals surface area contributed by atoms with Crippen molar-refractivity contribution >= 4 is 11.7 Å². The molecule has 3 aliphatic rings. The number of piperidine rings is 1. The third-order valence-electron chi connectivity index (χ3n) is 7.27. The van der Waals surface area contributed by atoms with Gasteiger partial charge in [0, 0.05) is 24.9 Å². The van der Waals surface area contributed by atoms with Gasteiger partial charge in [0.05, 0.1) is 5.41 Å². The van der Waals surface area contributed by atoms with Gasteiger partial charge in [0.15, 0.2) is 0 Å². The first-order valence-electron chi connectivity index (χ1n) is 8.47. The van der Waals surface area contributed by atoms with Crippen molar-refractivity contribution in [1.82, 2.24) is 4.90 Å². The van der Waals surface area contributed by atoms with Crippen molar-refractivity contribution in [3.8, 4) is 0 Å². The number of likely N-dealkylation sites (tertiary alicyclic amines) is 1. The number of hydrogen-bond acceptors (Lipinski definition) is 2. The molecule has 3 nitrogen and oxygen atoms in total. The number of amides is 1. The van der Waals surface area contributed by atoms with Gasteiger partial charge in [-0.05, 0) is 36.5 Å². The molecule has 0 aromatic rings. The lowest BCUT2D eigenvalue weighted by Crippen LogP contribution is -2.52. The van der Waals surface area contributed by atoms with Crippen LogP contribution in [0.5, 0.6) is 0 Å². The summed E-state index contributed by atoms with van der Waals surface area (Å²) in [7, 11) is 0. The SMILES string of the molecule is CC1CC(C)CN(C(=O)C23CCC(C)(C(=O)C2)C3(C)C)C1. The van der Waals surface area contributed by atoms with E-state index in [9.17, 15) is 9.59 Å². The minimum atomic E-state index is -0.435. The van der Waals surface area contributed by atoms with Crippen LogP contribution in [0.15, 0.2) is 0 Å². The maximum absolute atomic E-state index is 13.3. The van der Waals surface area contributed by atoms with Gasteiger partial charge in [0.2, 0.25) is 5.91 Å². The number of hydrogen-bond donors (Lipinski definition) is 0. The van der Waals surface area contributed by atoms with Gasteiger partial charge in [-0.3, -0.25) is 9.59 Å². The minimum absolute atomic E-state index is 0.210. The Bertz CT molecular complexity index is 487. The summed E-state index contributed by atoms with van der Waals surface area (Å²) in [5.74, 6) is 1.72. The van der Waals surface area contributed by atoms with Crippen LogP contribution in [-0.2, 0) is 9.59 Å². The van der Waals surface area contributed by atoms with Crippen LogP contribution in [0.25, 0.3) is 0 Å². The van der Waals surface area contributed by atoms with Gasteiger partial charge in [-0.1, -0.05) is 34.6 Å². The first-order valence-corrected chi connectivity index (χ1v) is 8.47. The van der Waals surface area contributed by atoms with E-state index in [4.69, 9.17) is 0 Å². The van der Waals surface area contributed by atoms with Crippen molar-refractivity contribution in [3.63, 3.8) is 0 Å². The molecular formula is C18H29NO2. The fraction of sp³-hybridized carbons (Fsp3) is 0.889. The van der Waals surface area contributed by atoms with Gasteiger partial charge in [0.1, 0.15) is 5.78 Å². The molecule has 118 valence electrons. The summed E-state index contributed by atoms with van der Waals surface area (Å²) in [5, 5.41) is 0. The van der Waals surface area contributed by atoms with E-state index >= 15 is 0 Å². The number of Topliss-reactive ketones (excluding diaryl/α,β-unsaturated/α-hetero) is 1. The Kier molecular flexibility index (Phi) is 3.10. The summed E-state index contributed by atoms with van der Waals surface area (Å²) in [6.07, 6.45) is 3.44. The quantitative estimate of drug-likeness (QED) is 0.743. The Balaban J connectivity index is 1.93. The fourth-order valence-electron chi connectivity index (χ4n) is 5.46. The second kappa shape index (κ2) is 4.33. The smallest absolute Gasteiger partial charge is 0.229 e.